The van der Waals surface area contributed by atoms with Crippen LogP contribution in [0.2, 0.25) is 0 Å². The smallest absolute Gasteiger partial charge is 0.0749 e. The lowest BCUT2D eigenvalue weighted by atomic mass is 9.97. The molecule has 1 fully saturated rings. The van der Waals surface area contributed by atoms with Gasteiger partial charge >= 0.3 is 0 Å². The van der Waals surface area contributed by atoms with Crippen molar-refractivity contribution >= 4 is 0 Å². The van der Waals surface area contributed by atoms with E-state index in [0.717, 1.165) is 19.3 Å². The second kappa shape index (κ2) is 5.63. The van der Waals surface area contributed by atoms with Gasteiger partial charge in [0.2, 0.25) is 0 Å². The van der Waals surface area contributed by atoms with Crippen molar-refractivity contribution in [3.05, 3.63) is 35.4 Å². The van der Waals surface area contributed by atoms with Crippen LogP contribution < -0.4 is 11.3 Å². The van der Waals surface area contributed by atoms with Gasteiger partial charge in [-0.05, 0) is 44.2 Å². The average molecular weight is 234 g/mol. The molecule has 1 aromatic carbocycles. The lowest BCUT2D eigenvalue weighted by Crippen LogP contribution is -2.45. The molecule has 0 spiro atoms. The third-order valence-electron chi connectivity index (χ3n) is 3.63. The molecule has 3 unspecified atom stereocenters. The van der Waals surface area contributed by atoms with Gasteiger partial charge in [0.15, 0.2) is 0 Å². The Balaban J connectivity index is 2.03. The normalized spacial score (nSPS) is 26.1. The molecule has 94 valence electrons. The summed E-state index contributed by atoms with van der Waals surface area (Å²) in [6.07, 6.45) is 3.78. The summed E-state index contributed by atoms with van der Waals surface area (Å²) >= 11 is 0. The monoisotopic (exact) mass is 234 g/mol. The molecule has 0 aliphatic carbocycles. The van der Waals surface area contributed by atoms with Crippen LogP contribution in [0.25, 0.3) is 0 Å². The fourth-order valence-corrected chi connectivity index (χ4v) is 2.50. The van der Waals surface area contributed by atoms with Gasteiger partial charge in [-0.15, -0.1) is 0 Å². The van der Waals surface area contributed by atoms with Gasteiger partial charge in [0.25, 0.3) is 0 Å². The third kappa shape index (κ3) is 3.06. The highest BCUT2D eigenvalue weighted by atomic mass is 16.5. The quantitative estimate of drug-likeness (QED) is 0.618. The number of benzene rings is 1. The molecule has 1 aliphatic rings. The van der Waals surface area contributed by atoms with Gasteiger partial charge in [0.05, 0.1) is 18.2 Å². The number of hydrazine groups is 1. The molecule has 0 aromatic heterocycles. The van der Waals surface area contributed by atoms with Crippen molar-refractivity contribution in [2.45, 2.75) is 51.4 Å². The van der Waals surface area contributed by atoms with Crippen LogP contribution in [0.3, 0.4) is 0 Å². The summed E-state index contributed by atoms with van der Waals surface area (Å²) in [4.78, 5) is 0. The van der Waals surface area contributed by atoms with E-state index in [0.29, 0.717) is 6.10 Å². The molecule has 1 aromatic rings. The first kappa shape index (κ1) is 12.6. The van der Waals surface area contributed by atoms with Crippen molar-refractivity contribution in [2.75, 3.05) is 0 Å². The minimum Gasteiger partial charge on any atom is -0.374 e. The Morgan fingerprint density at radius 3 is 2.76 bits per heavy atom. The Bertz CT molecular complexity index is 367. The summed E-state index contributed by atoms with van der Waals surface area (Å²) in [5.74, 6) is 5.67. The number of nitrogens with one attached hydrogen (secondary N) is 1. The molecule has 0 bridgehead atoms. The predicted octanol–water partition coefficient (Wildman–Crippen LogP) is 1.94. The minimum atomic E-state index is 0.209. The Kier molecular flexibility index (Phi) is 4.15. The van der Waals surface area contributed by atoms with Crippen LogP contribution in [-0.4, -0.2) is 18.2 Å². The van der Waals surface area contributed by atoms with E-state index in [2.05, 4.69) is 43.5 Å². The van der Waals surface area contributed by atoms with E-state index in [1.54, 1.807) is 0 Å². The predicted molar refractivity (Wildman–Crippen MR) is 69.6 cm³/mol. The molecule has 3 N–H and O–H groups in total. The van der Waals surface area contributed by atoms with Crippen LogP contribution >= 0.6 is 0 Å². The number of hydrogen-bond acceptors (Lipinski definition) is 3. The van der Waals surface area contributed by atoms with Crippen LogP contribution in [0.4, 0.5) is 0 Å². The summed E-state index contributed by atoms with van der Waals surface area (Å²) in [6.45, 7) is 4.27. The molecule has 3 heteroatoms. The van der Waals surface area contributed by atoms with Gasteiger partial charge in [-0.2, -0.15) is 0 Å². The molecule has 1 saturated heterocycles. The van der Waals surface area contributed by atoms with Gasteiger partial charge in [0, 0.05) is 0 Å². The highest BCUT2D eigenvalue weighted by molar-refractivity contribution is 5.26. The zero-order chi connectivity index (χ0) is 12.3. The minimum absolute atomic E-state index is 0.209. The van der Waals surface area contributed by atoms with E-state index in [1.807, 2.05) is 0 Å². The summed E-state index contributed by atoms with van der Waals surface area (Å²) < 4.78 is 5.88. The fraction of sp³-hybridized carbons (Fsp3) is 0.571. The first-order chi connectivity index (χ1) is 8.20. The van der Waals surface area contributed by atoms with E-state index in [4.69, 9.17) is 10.6 Å². The maximum atomic E-state index is 5.88. The Labute approximate surface area is 103 Å². The molecule has 17 heavy (non-hydrogen) atoms. The first-order valence-corrected chi connectivity index (χ1v) is 6.37. The fourth-order valence-electron chi connectivity index (χ4n) is 2.50. The van der Waals surface area contributed by atoms with E-state index < -0.39 is 0 Å². The van der Waals surface area contributed by atoms with Crippen LogP contribution in [0, 0.1) is 6.92 Å². The number of hydrogen-bond donors (Lipinski definition) is 2. The summed E-state index contributed by atoms with van der Waals surface area (Å²) in [5.41, 5.74) is 5.58. The summed E-state index contributed by atoms with van der Waals surface area (Å²) in [7, 11) is 0. The maximum absolute atomic E-state index is 5.88. The van der Waals surface area contributed by atoms with Crippen LogP contribution in [-0.2, 0) is 11.2 Å². The van der Waals surface area contributed by atoms with Crippen LogP contribution in [0.1, 0.15) is 30.9 Å². The van der Waals surface area contributed by atoms with E-state index in [9.17, 15) is 0 Å². The number of nitrogens with two attached hydrogens (primary N) is 1. The first-order valence-electron chi connectivity index (χ1n) is 6.37. The third-order valence-corrected chi connectivity index (χ3v) is 3.63. The molecule has 1 aliphatic heterocycles. The SMILES string of the molecule is Cc1ccccc1CC(NN)C1CCC(C)O1. The van der Waals surface area contributed by atoms with Gasteiger partial charge in [-0.25, -0.2) is 0 Å². The molecular weight excluding hydrogens is 212 g/mol. The van der Waals surface area contributed by atoms with Gasteiger partial charge < -0.3 is 4.74 Å². The van der Waals surface area contributed by atoms with Crippen molar-refractivity contribution in [1.82, 2.24) is 5.43 Å². The zero-order valence-corrected chi connectivity index (χ0v) is 10.6. The Morgan fingerprint density at radius 2 is 2.18 bits per heavy atom. The largest absolute Gasteiger partial charge is 0.374 e. The molecule has 2 rings (SSSR count). The molecular formula is C14H22N2O. The van der Waals surface area contributed by atoms with Gasteiger partial charge in [-0.3, -0.25) is 11.3 Å². The van der Waals surface area contributed by atoms with Crippen molar-refractivity contribution in [1.29, 1.82) is 0 Å². The zero-order valence-electron chi connectivity index (χ0n) is 10.6. The number of ether oxygens (including phenoxy) is 1. The molecule has 3 atom stereocenters. The average Bonchev–Trinajstić information content (AvgIpc) is 2.75. The van der Waals surface area contributed by atoms with Gasteiger partial charge in [0.1, 0.15) is 0 Å². The van der Waals surface area contributed by atoms with Gasteiger partial charge in [-0.1, -0.05) is 24.3 Å². The number of rotatable bonds is 4. The van der Waals surface area contributed by atoms with Crippen molar-refractivity contribution in [3.8, 4) is 0 Å². The second-order valence-corrected chi connectivity index (χ2v) is 4.97. The highest BCUT2D eigenvalue weighted by Crippen LogP contribution is 2.23. The lowest BCUT2D eigenvalue weighted by Gasteiger charge is -2.23. The van der Waals surface area contributed by atoms with Crippen LogP contribution in [0.15, 0.2) is 24.3 Å². The van der Waals surface area contributed by atoms with E-state index >= 15 is 0 Å². The van der Waals surface area contributed by atoms with Crippen LogP contribution in [0.5, 0.6) is 0 Å². The molecule has 0 radical (unpaired) electrons. The van der Waals surface area contributed by atoms with E-state index in [-0.39, 0.29) is 12.1 Å². The highest BCUT2D eigenvalue weighted by Gasteiger charge is 2.29. The second-order valence-electron chi connectivity index (χ2n) is 4.97. The Hall–Kier alpha value is -0.900. The maximum Gasteiger partial charge on any atom is 0.0749 e. The Morgan fingerprint density at radius 1 is 1.41 bits per heavy atom. The van der Waals surface area contributed by atoms with Crippen molar-refractivity contribution < 1.29 is 4.74 Å². The molecule has 3 nitrogen and oxygen atoms in total. The lowest BCUT2D eigenvalue weighted by molar-refractivity contribution is 0.0320. The molecule has 0 saturated carbocycles. The summed E-state index contributed by atoms with van der Waals surface area (Å²) in [6, 6.07) is 8.66. The van der Waals surface area contributed by atoms with Crippen molar-refractivity contribution in [3.63, 3.8) is 0 Å². The topological polar surface area (TPSA) is 47.3 Å². The molecule has 1 heterocycles. The van der Waals surface area contributed by atoms with Crippen molar-refractivity contribution in [2.24, 2.45) is 5.84 Å². The number of aryl methyl sites for hydroxylation is 1. The van der Waals surface area contributed by atoms with E-state index in [1.165, 1.54) is 11.1 Å². The standard InChI is InChI=1S/C14H22N2O/c1-10-5-3-4-6-12(10)9-13(16-15)14-8-7-11(2)17-14/h3-6,11,13-14,16H,7-9,15H2,1-2H3. The summed E-state index contributed by atoms with van der Waals surface area (Å²) in [5, 5.41) is 0. The molecule has 0 amide bonds.